The van der Waals surface area contributed by atoms with Crippen LogP contribution in [0.5, 0.6) is 5.75 Å². The first kappa shape index (κ1) is 31.0. The molecule has 0 spiro atoms. The van der Waals surface area contributed by atoms with E-state index in [9.17, 15) is 27.6 Å². The van der Waals surface area contributed by atoms with E-state index in [1.807, 2.05) is 0 Å². The maximum atomic E-state index is 13.1. The number of ether oxygens (including phenoxy) is 1. The fraction of sp³-hybridized carbons (Fsp3) is 0.250. The predicted molar refractivity (Wildman–Crippen MR) is 151 cm³/mol. The molecule has 0 aliphatic carbocycles. The van der Waals surface area contributed by atoms with Gasteiger partial charge in [0.25, 0.3) is 11.8 Å². The average molecular weight is 641 g/mol. The molecular weight excluding hydrogens is 615 g/mol. The molecule has 0 bridgehead atoms. The summed E-state index contributed by atoms with van der Waals surface area (Å²) in [5.74, 6) is -1.68. The Labute approximate surface area is 242 Å². The molecule has 12 heteroatoms. The Kier molecular flexibility index (Phi) is 9.52. The summed E-state index contributed by atoms with van der Waals surface area (Å²) >= 11 is 9.57. The van der Waals surface area contributed by atoms with Gasteiger partial charge in [0.2, 0.25) is 5.91 Å². The number of methoxy groups -OCH3 is 1. The highest BCUT2D eigenvalue weighted by atomic mass is 79.9. The summed E-state index contributed by atoms with van der Waals surface area (Å²) in [5, 5.41) is 7.82. The van der Waals surface area contributed by atoms with Crippen LogP contribution >= 0.6 is 27.5 Å². The number of amides is 3. The molecule has 0 fully saturated rings. The van der Waals surface area contributed by atoms with Crippen molar-refractivity contribution in [3.05, 3.63) is 86.3 Å². The number of carbonyl (C=O) groups excluding carboxylic acids is 3. The molecule has 3 amide bonds. The Hall–Kier alpha value is -3.57. The number of anilines is 2. The summed E-state index contributed by atoms with van der Waals surface area (Å²) in [7, 11) is 1.51. The van der Waals surface area contributed by atoms with E-state index in [2.05, 4.69) is 31.9 Å². The van der Waals surface area contributed by atoms with Gasteiger partial charge < -0.3 is 20.7 Å². The van der Waals surface area contributed by atoms with Crippen LogP contribution in [-0.4, -0.2) is 31.0 Å². The number of rotatable bonds is 8. The van der Waals surface area contributed by atoms with Crippen molar-refractivity contribution >= 4 is 56.6 Å². The first-order valence-corrected chi connectivity index (χ1v) is 13.0. The van der Waals surface area contributed by atoms with Gasteiger partial charge in [-0.25, -0.2) is 0 Å². The average Bonchev–Trinajstić information content (AvgIpc) is 2.89. The molecule has 0 saturated heterocycles. The minimum Gasteiger partial charge on any atom is -0.495 e. The van der Waals surface area contributed by atoms with Crippen LogP contribution in [0.25, 0.3) is 0 Å². The minimum atomic E-state index is -4.73. The van der Waals surface area contributed by atoms with Gasteiger partial charge in [-0.2, -0.15) is 13.2 Å². The highest BCUT2D eigenvalue weighted by Gasteiger charge is 2.52. The molecule has 0 heterocycles. The molecular formula is C28H26BrClF3N3O4. The molecule has 0 aliphatic rings. The van der Waals surface area contributed by atoms with Gasteiger partial charge in [0.15, 0.2) is 0 Å². The lowest BCUT2D eigenvalue weighted by Crippen LogP contribution is -2.46. The molecule has 0 radical (unpaired) electrons. The lowest BCUT2D eigenvalue weighted by atomic mass is 9.91. The quantitative estimate of drug-likeness (QED) is 0.244. The van der Waals surface area contributed by atoms with Crippen molar-refractivity contribution < 1.29 is 32.3 Å². The Bertz CT molecular complexity index is 1460. The number of benzene rings is 3. The molecule has 0 aliphatic heterocycles. The summed E-state index contributed by atoms with van der Waals surface area (Å²) in [6, 6.07) is 14.2. The third-order valence-corrected chi connectivity index (χ3v) is 7.14. The van der Waals surface area contributed by atoms with Crippen molar-refractivity contribution in [3.8, 4) is 5.75 Å². The third kappa shape index (κ3) is 7.14. The van der Waals surface area contributed by atoms with Gasteiger partial charge in [0.1, 0.15) is 11.2 Å². The van der Waals surface area contributed by atoms with Crippen molar-refractivity contribution in [2.75, 3.05) is 17.7 Å². The second kappa shape index (κ2) is 12.3. The third-order valence-electron chi connectivity index (χ3n) is 6.15. The van der Waals surface area contributed by atoms with Crippen LogP contribution in [0.2, 0.25) is 5.02 Å². The molecule has 3 aromatic rings. The summed E-state index contributed by atoms with van der Waals surface area (Å²) < 4.78 is 45.4. The van der Waals surface area contributed by atoms with Gasteiger partial charge in [-0.1, -0.05) is 23.7 Å². The lowest BCUT2D eigenvalue weighted by Gasteiger charge is -2.26. The molecule has 212 valence electrons. The number of nitrogens with one attached hydrogen (secondary N) is 3. The van der Waals surface area contributed by atoms with Crippen LogP contribution in [0.4, 0.5) is 24.5 Å². The number of carbonyl (C=O) groups is 3. The van der Waals surface area contributed by atoms with Gasteiger partial charge in [-0.15, -0.1) is 0 Å². The summed E-state index contributed by atoms with van der Waals surface area (Å²) in [4.78, 5) is 38.1. The number of alkyl halides is 3. The Morgan fingerprint density at radius 2 is 1.50 bits per heavy atom. The maximum Gasteiger partial charge on any atom is 0.402 e. The van der Waals surface area contributed by atoms with Crippen molar-refractivity contribution in [2.45, 2.75) is 33.5 Å². The standard InChI is InChI=1S/C28H26BrClF3N3O4/c1-15-5-7-17(12-19(15)24(37)36-18-8-9-21(29)23(13-18)40-4)35-25(38)20-11-16(6-10-22(20)30)14-34-26(39)27(2,3)28(31,32)33/h5-13H,14H2,1-4H3,(H,34,39)(H,35,38)(H,36,37). The number of halogens is 5. The zero-order valence-corrected chi connectivity index (χ0v) is 24.3. The van der Waals surface area contributed by atoms with Gasteiger partial charge in [0, 0.05) is 29.5 Å². The molecule has 7 nitrogen and oxygen atoms in total. The van der Waals surface area contributed by atoms with Crippen LogP contribution in [-0.2, 0) is 11.3 Å². The van der Waals surface area contributed by atoms with Crippen molar-refractivity contribution in [2.24, 2.45) is 5.41 Å². The second-order valence-corrected chi connectivity index (χ2v) is 10.7. The van der Waals surface area contributed by atoms with Gasteiger partial charge in [0.05, 0.1) is 22.2 Å². The molecule has 3 N–H and O–H groups in total. The predicted octanol–water partition coefficient (Wildman–Crippen LogP) is 7.13. The van der Waals surface area contributed by atoms with Crippen LogP contribution in [0.1, 0.15) is 45.7 Å². The molecule has 40 heavy (non-hydrogen) atoms. The highest BCUT2D eigenvalue weighted by molar-refractivity contribution is 9.10. The normalized spacial score (nSPS) is 11.5. The van der Waals surface area contributed by atoms with Gasteiger partial charge >= 0.3 is 6.18 Å². The Morgan fingerprint density at radius 1 is 0.900 bits per heavy atom. The zero-order valence-electron chi connectivity index (χ0n) is 21.9. The molecule has 0 saturated carbocycles. The molecule has 3 rings (SSSR count). The van der Waals surface area contributed by atoms with E-state index >= 15 is 0 Å². The number of hydrogen-bond acceptors (Lipinski definition) is 4. The van der Waals surface area contributed by atoms with E-state index < -0.39 is 29.3 Å². The monoisotopic (exact) mass is 639 g/mol. The van der Waals surface area contributed by atoms with E-state index in [-0.39, 0.29) is 17.1 Å². The Morgan fingerprint density at radius 3 is 2.12 bits per heavy atom. The largest absolute Gasteiger partial charge is 0.495 e. The fourth-order valence-electron chi connectivity index (χ4n) is 3.47. The highest BCUT2D eigenvalue weighted by Crippen LogP contribution is 2.37. The smallest absolute Gasteiger partial charge is 0.402 e. The molecule has 3 aromatic carbocycles. The second-order valence-electron chi connectivity index (χ2n) is 9.41. The summed E-state index contributed by atoms with van der Waals surface area (Å²) in [6.45, 7) is 3.08. The SMILES string of the molecule is COc1cc(NC(=O)c2cc(NC(=O)c3cc(CNC(=O)C(C)(C)C(F)(F)F)ccc3Cl)ccc2C)ccc1Br. The number of hydrogen-bond donors (Lipinski definition) is 3. The number of aryl methyl sites for hydroxylation is 1. The molecule has 0 atom stereocenters. The van der Waals surface area contributed by atoms with Crippen molar-refractivity contribution in [3.63, 3.8) is 0 Å². The Balaban J connectivity index is 1.75. The minimum absolute atomic E-state index is 0.0389. The topological polar surface area (TPSA) is 96.5 Å². The summed E-state index contributed by atoms with van der Waals surface area (Å²) in [6.07, 6.45) is -4.73. The van der Waals surface area contributed by atoms with E-state index in [1.54, 1.807) is 37.3 Å². The van der Waals surface area contributed by atoms with E-state index in [0.29, 0.717) is 33.8 Å². The summed E-state index contributed by atoms with van der Waals surface area (Å²) in [5.41, 5.74) is -0.374. The van der Waals surface area contributed by atoms with Crippen LogP contribution in [0.15, 0.2) is 59.1 Å². The first-order valence-electron chi connectivity index (χ1n) is 11.8. The lowest BCUT2D eigenvalue weighted by molar-refractivity contribution is -0.211. The van der Waals surface area contributed by atoms with E-state index in [1.165, 1.54) is 31.4 Å². The molecule has 0 aromatic heterocycles. The fourth-order valence-corrected chi connectivity index (χ4v) is 4.08. The molecule has 0 unspecified atom stereocenters. The van der Waals surface area contributed by atoms with E-state index in [0.717, 1.165) is 18.3 Å². The van der Waals surface area contributed by atoms with Crippen molar-refractivity contribution in [1.82, 2.24) is 5.32 Å². The first-order chi connectivity index (χ1) is 18.6. The van der Waals surface area contributed by atoms with Crippen LogP contribution < -0.4 is 20.7 Å². The zero-order chi connectivity index (χ0) is 29.8. The maximum absolute atomic E-state index is 13.1. The van der Waals surface area contributed by atoms with Crippen LogP contribution in [0, 0.1) is 12.3 Å². The van der Waals surface area contributed by atoms with E-state index in [4.69, 9.17) is 16.3 Å². The van der Waals surface area contributed by atoms with Gasteiger partial charge in [-0.05, 0) is 84.2 Å². The van der Waals surface area contributed by atoms with Gasteiger partial charge in [-0.3, -0.25) is 14.4 Å². The van der Waals surface area contributed by atoms with Crippen molar-refractivity contribution in [1.29, 1.82) is 0 Å². The van der Waals surface area contributed by atoms with Crippen LogP contribution in [0.3, 0.4) is 0 Å².